The summed E-state index contributed by atoms with van der Waals surface area (Å²) in [6.45, 7) is 4.45. The molecule has 0 saturated carbocycles. The number of thiophene rings is 1. The molecule has 0 spiro atoms. The van der Waals surface area contributed by atoms with E-state index in [1.807, 2.05) is 11.3 Å². The summed E-state index contributed by atoms with van der Waals surface area (Å²) in [5, 5.41) is 3.45. The highest BCUT2D eigenvalue weighted by molar-refractivity contribution is 9.10. The van der Waals surface area contributed by atoms with E-state index in [-0.39, 0.29) is 0 Å². The van der Waals surface area contributed by atoms with Crippen LogP contribution in [-0.4, -0.2) is 7.05 Å². The molecule has 0 aliphatic carbocycles. The van der Waals surface area contributed by atoms with E-state index in [1.54, 1.807) is 0 Å². The number of hydrogen-bond donors (Lipinski definition) is 1. The van der Waals surface area contributed by atoms with Crippen molar-refractivity contribution >= 4 is 27.3 Å². The predicted octanol–water partition coefficient (Wildman–Crippen LogP) is 5.83. The summed E-state index contributed by atoms with van der Waals surface area (Å²) in [6.07, 6.45) is 9.51. The van der Waals surface area contributed by atoms with Crippen LogP contribution in [0.25, 0.3) is 0 Å². The molecule has 0 aromatic carbocycles. The van der Waals surface area contributed by atoms with E-state index in [9.17, 15) is 0 Å². The molecule has 1 atom stereocenters. The lowest BCUT2D eigenvalue weighted by atomic mass is 10.0. The fraction of sp³-hybridized carbons (Fsp3) is 0.733. The second-order valence-electron chi connectivity index (χ2n) is 4.95. The molecule has 1 aromatic rings. The Kier molecular flexibility index (Phi) is 8.20. The van der Waals surface area contributed by atoms with Crippen LogP contribution in [0.5, 0.6) is 0 Å². The van der Waals surface area contributed by atoms with Crippen LogP contribution in [0.2, 0.25) is 0 Å². The van der Waals surface area contributed by atoms with Gasteiger partial charge in [0.15, 0.2) is 0 Å². The molecule has 0 amide bonds. The molecule has 1 nitrogen and oxygen atoms in total. The first-order valence-electron chi connectivity index (χ1n) is 7.12. The van der Waals surface area contributed by atoms with E-state index >= 15 is 0 Å². The van der Waals surface area contributed by atoms with Crippen molar-refractivity contribution in [2.24, 2.45) is 0 Å². The van der Waals surface area contributed by atoms with Gasteiger partial charge in [0.2, 0.25) is 0 Å². The molecule has 0 bridgehead atoms. The smallest absolute Gasteiger partial charge is 0.0412 e. The van der Waals surface area contributed by atoms with E-state index < -0.39 is 0 Å². The molecule has 1 heterocycles. The van der Waals surface area contributed by atoms with Crippen LogP contribution < -0.4 is 5.32 Å². The lowest BCUT2D eigenvalue weighted by Crippen LogP contribution is -2.14. The summed E-state index contributed by atoms with van der Waals surface area (Å²) in [5.41, 5.74) is 0. The van der Waals surface area contributed by atoms with Gasteiger partial charge in [-0.2, -0.15) is 0 Å². The third-order valence-corrected chi connectivity index (χ3v) is 5.66. The van der Waals surface area contributed by atoms with Crippen LogP contribution in [0.15, 0.2) is 10.5 Å². The second kappa shape index (κ2) is 9.11. The van der Waals surface area contributed by atoms with Gasteiger partial charge in [0.05, 0.1) is 0 Å². The van der Waals surface area contributed by atoms with E-state index in [0.717, 1.165) is 0 Å². The summed E-state index contributed by atoms with van der Waals surface area (Å²) >= 11 is 5.52. The van der Waals surface area contributed by atoms with Crippen LogP contribution in [0, 0.1) is 6.92 Å². The minimum atomic E-state index is 0.533. The molecule has 0 aliphatic heterocycles. The molecular formula is C15H26BrNS. The highest BCUT2D eigenvalue weighted by atomic mass is 79.9. The monoisotopic (exact) mass is 331 g/mol. The molecule has 0 aliphatic rings. The van der Waals surface area contributed by atoms with Crippen LogP contribution in [0.1, 0.15) is 67.7 Å². The Hall–Kier alpha value is 0.140. The molecular weight excluding hydrogens is 306 g/mol. The molecule has 1 unspecified atom stereocenters. The Balaban J connectivity index is 2.29. The highest BCUT2D eigenvalue weighted by Gasteiger charge is 2.12. The van der Waals surface area contributed by atoms with E-state index in [4.69, 9.17) is 0 Å². The van der Waals surface area contributed by atoms with E-state index in [0.29, 0.717) is 6.04 Å². The molecule has 1 rings (SSSR count). The summed E-state index contributed by atoms with van der Waals surface area (Å²) in [4.78, 5) is 2.85. The van der Waals surface area contributed by atoms with Crippen LogP contribution in [0.3, 0.4) is 0 Å². The van der Waals surface area contributed by atoms with Gasteiger partial charge in [-0.05, 0) is 42.4 Å². The Morgan fingerprint density at radius 1 is 1.22 bits per heavy atom. The molecule has 3 heteroatoms. The minimum Gasteiger partial charge on any atom is -0.312 e. The Morgan fingerprint density at radius 3 is 2.44 bits per heavy atom. The summed E-state index contributed by atoms with van der Waals surface area (Å²) in [7, 11) is 2.07. The lowest BCUT2D eigenvalue weighted by molar-refractivity contribution is 0.503. The fourth-order valence-corrected chi connectivity index (χ4v) is 3.92. The predicted molar refractivity (Wildman–Crippen MR) is 86.5 cm³/mol. The van der Waals surface area contributed by atoms with E-state index in [2.05, 4.69) is 48.2 Å². The van der Waals surface area contributed by atoms with Crippen molar-refractivity contribution in [1.82, 2.24) is 5.32 Å². The summed E-state index contributed by atoms with van der Waals surface area (Å²) in [6, 6.07) is 2.81. The van der Waals surface area contributed by atoms with E-state index in [1.165, 1.54) is 59.2 Å². The zero-order valence-corrected chi connectivity index (χ0v) is 14.3. The number of unbranched alkanes of at least 4 members (excludes halogenated alkanes) is 5. The average Bonchev–Trinajstić information content (AvgIpc) is 2.69. The normalized spacial score (nSPS) is 12.9. The quantitative estimate of drug-likeness (QED) is 0.561. The maximum atomic E-state index is 3.61. The average molecular weight is 332 g/mol. The number of halogens is 1. The number of nitrogens with one attached hydrogen (secondary N) is 1. The van der Waals surface area contributed by atoms with Crippen LogP contribution in [0.4, 0.5) is 0 Å². The first-order valence-corrected chi connectivity index (χ1v) is 8.73. The topological polar surface area (TPSA) is 12.0 Å². The van der Waals surface area contributed by atoms with Gasteiger partial charge < -0.3 is 5.32 Å². The first-order chi connectivity index (χ1) is 8.69. The van der Waals surface area contributed by atoms with Crippen molar-refractivity contribution in [2.75, 3.05) is 7.05 Å². The van der Waals surface area contributed by atoms with Crippen molar-refractivity contribution in [3.8, 4) is 0 Å². The van der Waals surface area contributed by atoms with Gasteiger partial charge in [-0.3, -0.25) is 0 Å². The highest BCUT2D eigenvalue weighted by Crippen LogP contribution is 2.32. The minimum absolute atomic E-state index is 0.533. The second-order valence-corrected chi connectivity index (χ2v) is 7.09. The molecule has 104 valence electrons. The van der Waals surface area contributed by atoms with Crippen molar-refractivity contribution in [1.29, 1.82) is 0 Å². The largest absolute Gasteiger partial charge is 0.312 e. The molecule has 18 heavy (non-hydrogen) atoms. The zero-order chi connectivity index (χ0) is 13.4. The molecule has 0 saturated heterocycles. The van der Waals surface area contributed by atoms with Gasteiger partial charge in [-0.15, -0.1) is 11.3 Å². The number of hydrogen-bond acceptors (Lipinski definition) is 2. The van der Waals surface area contributed by atoms with Gasteiger partial charge in [-0.1, -0.05) is 45.4 Å². The van der Waals surface area contributed by atoms with Gasteiger partial charge in [0.1, 0.15) is 0 Å². The Labute approximate surface area is 125 Å². The van der Waals surface area contributed by atoms with Gasteiger partial charge in [0.25, 0.3) is 0 Å². The maximum Gasteiger partial charge on any atom is 0.0412 e. The Morgan fingerprint density at radius 2 is 1.89 bits per heavy atom. The fourth-order valence-electron chi connectivity index (χ4n) is 2.21. The summed E-state index contributed by atoms with van der Waals surface area (Å²) < 4.78 is 1.26. The SMILES string of the molecule is CCCCCCCCC(NC)c1cc(Br)c(C)s1. The number of aryl methyl sites for hydroxylation is 1. The standard InChI is InChI=1S/C15H26BrNS/c1-4-5-6-7-8-9-10-14(17-3)15-11-13(16)12(2)18-15/h11,14,17H,4-10H2,1-3H3. The van der Waals surface area contributed by atoms with Crippen molar-refractivity contribution < 1.29 is 0 Å². The molecule has 0 radical (unpaired) electrons. The van der Waals surface area contributed by atoms with Gasteiger partial charge in [0, 0.05) is 20.3 Å². The van der Waals surface area contributed by atoms with Crippen molar-refractivity contribution in [2.45, 2.75) is 64.8 Å². The Bertz CT molecular complexity index is 316. The number of rotatable bonds is 9. The lowest BCUT2D eigenvalue weighted by Gasteiger charge is -2.14. The maximum absolute atomic E-state index is 3.61. The summed E-state index contributed by atoms with van der Waals surface area (Å²) in [5.74, 6) is 0. The van der Waals surface area contributed by atoms with Gasteiger partial charge in [-0.25, -0.2) is 0 Å². The molecule has 1 aromatic heterocycles. The van der Waals surface area contributed by atoms with Crippen LogP contribution in [-0.2, 0) is 0 Å². The van der Waals surface area contributed by atoms with Crippen molar-refractivity contribution in [3.05, 3.63) is 20.3 Å². The first kappa shape index (κ1) is 16.2. The molecule has 0 fully saturated rings. The third-order valence-electron chi connectivity index (χ3n) is 3.41. The molecule has 1 N–H and O–H groups in total. The third kappa shape index (κ3) is 5.41. The van der Waals surface area contributed by atoms with Crippen molar-refractivity contribution in [3.63, 3.8) is 0 Å². The zero-order valence-electron chi connectivity index (χ0n) is 11.9. The van der Waals surface area contributed by atoms with Crippen LogP contribution >= 0.6 is 27.3 Å². The van der Waals surface area contributed by atoms with Gasteiger partial charge >= 0.3 is 0 Å².